The van der Waals surface area contributed by atoms with Crippen LogP contribution >= 0.6 is 35.1 Å². The van der Waals surface area contributed by atoms with E-state index in [0.717, 1.165) is 16.7 Å². The number of anilines is 2. The fourth-order valence-corrected chi connectivity index (χ4v) is 9.03. The van der Waals surface area contributed by atoms with Gasteiger partial charge in [-0.2, -0.15) is 0 Å². The van der Waals surface area contributed by atoms with E-state index in [1.54, 1.807) is 54.0 Å². The molecule has 2 saturated heterocycles. The standard InChI is InChI=1S/C37H34ClF3N2O3S2/c1-6-46-35-22(5)11-26(14-28(35)38)37-43(33(45)18-48-37)31-16-29(40)23(9-20(31)3)12-24-13-25(10-21(4)34(24)41)36-42(32(44)17-47-36)30-15-27(39)8-7-19(30)2/h7-11,13-16,36-37H,6,12,17-18H2,1-5H3. The van der Waals surface area contributed by atoms with Crippen LogP contribution in [0.2, 0.25) is 5.02 Å². The molecule has 2 unspecified atom stereocenters. The monoisotopic (exact) mass is 710 g/mol. The summed E-state index contributed by atoms with van der Waals surface area (Å²) in [4.78, 5) is 29.4. The summed E-state index contributed by atoms with van der Waals surface area (Å²) in [5, 5.41) is -0.471. The van der Waals surface area contributed by atoms with E-state index in [2.05, 4.69) is 0 Å². The van der Waals surface area contributed by atoms with Gasteiger partial charge in [-0.05, 0) is 116 Å². The molecule has 48 heavy (non-hydrogen) atoms. The first-order valence-corrected chi connectivity index (χ1v) is 18.0. The number of thioether (sulfide) groups is 2. The lowest BCUT2D eigenvalue weighted by Crippen LogP contribution is -2.29. The Morgan fingerprint density at radius 3 is 1.98 bits per heavy atom. The van der Waals surface area contributed by atoms with E-state index in [4.69, 9.17) is 16.3 Å². The molecule has 0 aliphatic carbocycles. The molecule has 0 spiro atoms. The highest BCUT2D eigenvalue weighted by molar-refractivity contribution is 8.01. The molecule has 6 rings (SSSR count). The Hall–Kier alpha value is -3.60. The van der Waals surface area contributed by atoms with E-state index in [9.17, 15) is 14.0 Å². The number of ether oxygens (including phenoxy) is 1. The van der Waals surface area contributed by atoms with Gasteiger partial charge in [-0.15, -0.1) is 23.5 Å². The summed E-state index contributed by atoms with van der Waals surface area (Å²) in [6.45, 7) is 9.49. The maximum Gasteiger partial charge on any atom is 0.238 e. The summed E-state index contributed by atoms with van der Waals surface area (Å²) in [5.41, 5.74) is 5.53. The van der Waals surface area contributed by atoms with Gasteiger partial charge >= 0.3 is 0 Å². The molecule has 250 valence electrons. The molecule has 4 aromatic carbocycles. The first kappa shape index (κ1) is 34.3. The van der Waals surface area contributed by atoms with Crippen LogP contribution in [0.25, 0.3) is 0 Å². The topological polar surface area (TPSA) is 49.9 Å². The predicted molar refractivity (Wildman–Crippen MR) is 189 cm³/mol. The first-order chi connectivity index (χ1) is 22.9. The lowest BCUT2D eigenvalue weighted by atomic mass is 9.96. The lowest BCUT2D eigenvalue weighted by Gasteiger charge is -2.27. The molecule has 4 aromatic rings. The van der Waals surface area contributed by atoms with Gasteiger partial charge in [0.25, 0.3) is 0 Å². The van der Waals surface area contributed by atoms with Crippen molar-refractivity contribution in [3.63, 3.8) is 0 Å². The second-order valence-corrected chi connectivity index (χ2v) is 14.6. The van der Waals surface area contributed by atoms with Gasteiger partial charge in [0, 0.05) is 6.42 Å². The largest absolute Gasteiger partial charge is 0.492 e. The van der Waals surface area contributed by atoms with E-state index in [0.29, 0.717) is 45.4 Å². The number of benzene rings is 4. The zero-order valence-electron chi connectivity index (χ0n) is 27.1. The average molecular weight is 711 g/mol. The normalized spacial score (nSPS) is 17.9. The number of aryl methyl sites for hydroxylation is 4. The summed E-state index contributed by atoms with van der Waals surface area (Å²) in [6, 6.07) is 14.4. The minimum Gasteiger partial charge on any atom is -0.492 e. The highest BCUT2D eigenvalue weighted by atomic mass is 35.5. The molecular formula is C37H34ClF3N2O3S2. The zero-order chi connectivity index (χ0) is 34.4. The summed E-state index contributed by atoms with van der Waals surface area (Å²) < 4.78 is 51.5. The third kappa shape index (κ3) is 6.42. The van der Waals surface area contributed by atoms with Crippen molar-refractivity contribution in [1.82, 2.24) is 0 Å². The Kier molecular flexibility index (Phi) is 9.80. The number of amides is 2. The predicted octanol–water partition coefficient (Wildman–Crippen LogP) is 9.54. The van der Waals surface area contributed by atoms with Gasteiger partial charge in [0.15, 0.2) is 0 Å². The van der Waals surface area contributed by atoms with Crippen molar-refractivity contribution in [1.29, 1.82) is 0 Å². The molecule has 0 N–H and O–H groups in total. The molecule has 2 aliphatic rings. The Bertz CT molecular complexity index is 1930. The first-order valence-electron chi connectivity index (χ1n) is 15.5. The Balaban J connectivity index is 1.32. The summed E-state index contributed by atoms with van der Waals surface area (Å²) in [5.74, 6) is -0.795. The summed E-state index contributed by atoms with van der Waals surface area (Å²) in [7, 11) is 0. The van der Waals surface area contributed by atoms with Crippen LogP contribution in [0, 0.1) is 45.1 Å². The van der Waals surface area contributed by atoms with Gasteiger partial charge in [-0.1, -0.05) is 29.8 Å². The summed E-state index contributed by atoms with van der Waals surface area (Å²) >= 11 is 9.36. The van der Waals surface area contributed by atoms with Crippen molar-refractivity contribution in [3.05, 3.63) is 122 Å². The minimum absolute atomic E-state index is 0.0440. The van der Waals surface area contributed by atoms with Crippen molar-refractivity contribution in [2.24, 2.45) is 0 Å². The maximum atomic E-state index is 15.9. The van der Waals surface area contributed by atoms with Crippen LogP contribution in [0.5, 0.6) is 5.75 Å². The molecular weight excluding hydrogens is 677 g/mol. The van der Waals surface area contributed by atoms with Crippen molar-refractivity contribution >= 4 is 58.3 Å². The maximum absolute atomic E-state index is 15.9. The number of halogens is 4. The lowest BCUT2D eigenvalue weighted by molar-refractivity contribution is -0.116. The molecule has 2 heterocycles. The van der Waals surface area contributed by atoms with Crippen molar-refractivity contribution in [2.75, 3.05) is 27.9 Å². The van der Waals surface area contributed by atoms with Crippen LogP contribution in [0.4, 0.5) is 24.5 Å². The Morgan fingerprint density at radius 1 is 0.750 bits per heavy atom. The van der Waals surface area contributed by atoms with Gasteiger partial charge in [0.1, 0.15) is 33.9 Å². The van der Waals surface area contributed by atoms with Gasteiger partial charge in [0.05, 0.1) is 34.5 Å². The SMILES string of the molecule is CCOc1c(C)cc(C2SCC(=O)N2c2cc(F)c(Cc3cc(C4SCC(=O)N4c4cc(F)ccc4C)cc(C)c3F)cc2C)cc1Cl. The van der Waals surface area contributed by atoms with Crippen LogP contribution in [-0.4, -0.2) is 29.9 Å². The molecule has 0 radical (unpaired) electrons. The molecule has 11 heteroatoms. The highest BCUT2D eigenvalue weighted by Crippen LogP contribution is 2.46. The third-order valence-corrected chi connectivity index (χ3v) is 11.3. The number of carbonyl (C=O) groups excluding carboxylic acids is 2. The Morgan fingerprint density at radius 2 is 1.35 bits per heavy atom. The van der Waals surface area contributed by atoms with Gasteiger partial charge in [-0.25, -0.2) is 13.2 Å². The average Bonchev–Trinajstić information content (AvgIpc) is 3.62. The minimum atomic E-state index is -0.565. The molecule has 5 nitrogen and oxygen atoms in total. The van der Waals surface area contributed by atoms with Crippen LogP contribution in [-0.2, 0) is 16.0 Å². The highest BCUT2D eigenvalue weighted by Gasteiger charge is 2.37. The molecule has 2 atom stereocenters. The molecule has 0 bridgehead atoms. The van der Waals surface area contributed by atoms with Crippen molar-refractivity contribution in [2.45, 2.75) is 51.8 Å². The van der Waals surface area contributed by atoms with E-state index in [1.165, 1.54) is 41.7 Å². The van der Waals surface area contributed by atoms with E-state index in [-0.39, 0.29) is 40.9 Å². The smallest absolute Gasteiger partial charge is 0.238 e. The van der Waals surface area contributed by atoms with Crippen LogP contribution in [0.1, 0.15) is 62.2 Å². The molecule has 2 fully saturated rings. The zero-order valence-corrected chi connectivity index (χ0v) is 29.5. The van der Waals surface area contributed by atoms with Gasteiger partial charge in [0.2, 0.25) is 11.8 Å². The number of hydrogen-bond donors (Lipinski definition) is 0. The second-order valence-electron chi connectivity index (χ2n) is 12.1. The van der Waals surface area contributed by atoms with Gasteiger partial charge < -0.3 is 4.74 Å². The molecule has 2 aliphatic heterocycles. The third-order valence-electron chi connectivity index (χ3n) is 8.63. The fraction of sp³-hybridized carbons (Fsp3) is 0.297. The van der Waals surface area contributed by atoms with E-state index >= 15 is 8.78 Å². The van der Waals surface area contributed by atoms with E-state index < -0.39 is 28.2 Å². The summed E-state index contributed by atoms with van der Waals surface area (Å²) in [6.07, 6.45) is -0.0440. The number of nitrogens with zero attached hydrogens (tertiary/aromatic N) is 2. The van der Waals surface area contributed by atoms with Crippen molar-refractivity contribution in [3.8, 4) is 5.75 Å². The quantitative estimate of drug-likeness (QED) is 0.182. The van der Waals surface area contributed by atoms with Crippen LogP contribution < -0.4 is 14.5 Å². The fourth-order valence-electron chi connectivity index (χ4n) is 6.41. The number of hydrogen-bond acceptors (Lipinski definition) is 5. The second kappa shape index (κ2) is 13.7. The van der Waals surface area contributed by atoms with Crippen LogP contribution in [0.3, 0.4) is 0 Å². The van der Waals surface area contributed by atoms with Crippen molar-refractivity contribution < 1.29 is 27.5 Å². The van der Waals surface area contributed by atoms with Crippen LogP contribution in [0.15, 0.2) is 54.6 Å². The molecule has 0 aromatic heterocycles. The van der Waals surface area contributed by atoms with Gasteiger partial charge in [-0.3, -0.25) is 19.4 Å². The Labute approximate surface area is 291 Å². The number of rotatable bonds is 8. The van der Waals surface area contributed by atoms with E-state index in [1.807, 2.05) is 26.8 Å². The molecule has 0 saturated carbocycles. The number of carbonyl (C=O) groups is 2. The molecule has 2 amide bonds.